The Hall–Kier alpha value is -2.82. The van der Waals surface area contributed by atoms with Crippen LogP contribution in [0.5, 0.6) is 0 Å². The zero-order valence-electron chi connectivity index (χ0n) is 17.4. The summed E-state index contributed by atoms with van der Waals surface area (Å²) in [7, 11) is -3.70. The van der Waals surface area contributed by atoms with Gasteiger partial charge < -0.3 is 4.57 Å². The maximum absolute atomic E-state index is 12.6. The standard InChI is InChI=1S/C23H24ClN3O3S/c1-4-6-9-14-31(29,30)26-23(28)17-12-13-20-22(15-17)27(16(3)25-20)21(5-2)18-10-7-8-11-19(18)24/h2,7-8,10-13,15,21H,4,6,9,14H2,1,3H3,(H,26,28). The highest BCUT2D eigenvalue weighted by Crippen LogP contribution is 2.30. The van der Waals surface area contributed by atoms with Gasteiger partial charge in [0, 0.05) is 16.1 Å². The minimum Gasteiger partial charge on any atom is -0.309 e. The molecule has 0 radical (unpaired) electrons. The first-order valence-electron chi connectivity index (χ1n) is 10.0. The number of sulfonamides is 1. The molecule has 162 valence electrons. The van der Waals surface area contributed by atoms with Gasteiger partial charge in [-0.25, -0.2) is 18.1 Å². The van der Waals surface area contributed by atoms with Gasteiger partial charge in [0.25, 0.3) is 5.91 Å². The molecule has 0 saturated carbocycles. The predicted octanol–water partition coefficient (Wildman–Crippen LogP) is 4.47. The summed E-state index contributed by atoms with van der Waals surface area (Å²) in [4.78, 5) is 17.2. The number of imidazole rings is 1. The van der Waals surface area contributed by atoms with E-state index >= 15 is 0 Å². The number of nitrogens with one attached hydrogen (secondary N) is 1. The topological polar surface area (TPSA) is 81.1 Å². The molecule has 0 spiro atoms. The van der Waals surface area contributed by atoms with E-state index in [4.69, 9.17) is 18.0 Å². The number of carbonyl (C=O) groups is 1. The minimum atomic E-state index is -3.70. The van der Waals surface area contributed by atoms with Gasteiger partial charge in [-0.1, -0.05) is 55.5 Å². The van der Waals surface area contributed by atoms with E-state index in [0.717, 1.165) is 18.4 Å². The molecule has 0 aliphatic carbocycles. The van der Waals surface area contributed by atoms with E-state index in [2.05, 4.69) is 15.6 Å². The van der Waals surface area contributed by atoms with Gasteiger partial charge in [-0.15, -0.1) is 6.42 Å². The number of nitrogens with zero attached hydrogens (tertiary/aromatic N) is 2. The number of hydrogen-bond donors (Lipinski definition) is 1. The molecule has 1 amide bonds. The van der Waals surface area contributed by atoms with Crippen LogP contribution < -0.4 is 4.72 Å². The number of terminal acetylenes is 1. The molecule has 1 aromatic heterocycles. The van der Waals surface area contributed by atoms with Crippen LogP contribution in [0.25, 0.3) is 11.0 Å². The predicted molar refractivity (Wildman–Crippen MR) is 124 cm³/mol. The summed E-state index contributed by atoms with van der Waals surface area (Å²) in [6.07, 6.45) is 8.03. The summed E-state index contributed by atoms with van der Waals surface area (Å²) in [6.45, 7) is 3.80. The number of hydrogen-bond acceptors (Lipinski definition) is 4. The van der Waals surface area contributed by atoms with Crippen LogP contribution in [-0.4, -0.2) is 29.6 Å². The zero-order chi connectivity index (χ0) is 22.6. The summed E-state index contributed by atoms with van der Waals surface area (Å²) in [6, 6.07) is 11.6. The number of carbonyl (C=O) groups excluding carboxylic acids is 1. The van der Waals surface area contributed by atoms with Crippen LogP contribution >= 0.6 is 11.6 Å². The van der Waals surface area contributed by atoms with Gasteiger partial charge in [0.15, 0.2) is 0 Å². The van der Waals surface area contributed by atoms with Crippen molar-refractivity contribution in [2.75, 3.05) is 5.75 Å². The molecule has 0 saturated heterocycles. The van der Waals surface area contributed by atoms with Crippen molar-refractivity contribution < 1.29 is 13.2 Å². The third-order valence-electron chi connectivity index (χ3n) is 5.01. The van der Waals surface area contributed by atoms with Gasteiger partial charge in [0.2, 0.25) is 10.0 Å². The van der Waals surface area contributed by atoms with E-state index in [0.29, 0.717) is 28.3 Å². The van der Waals surface area contributed by atoms with Gasteiger partial charge in [-0.2, -0.15) is 0 Å². The fourth-order valence-corrected chi connectivity index (χ4v) is 4.80. The molecule has 0 aliphatic rings. The van der Waals surface area contributed by atoms with Crippen molar-refractivity contribution in [2.45, 2.75) is 39.2 Å². The molecule has 1 atom stereocenters. The van der Waals surface area contributed by atoms with Gasteiger partial charge in [-0.3, -0.25) is 4.79 Å². The van der Waals surface area contributed by atoms with Crippen LogP contribution in [-0.2, 0) is 10.0 Å². The van der Waals surface area contributed by atoms with Crippen LogP contribution in [0, 0.1) is 19.3 Å². The first-order chi connectivity index (χ1) is 14.8. The number of aromatic nitrogens is 2. The molecule has 6 nitrogen and oxygen atoms in total. The lowest BCUT2D eigenvalue weighted by molar-refractivity contribution is 0.0981. The Morgan fingerprint density at radius 1 is 1.26 bits per heavy atom. The Balaban J connectivity index is 1.98. The summed E-state index contributed by atoms with van der Waals surface area (Å²) < 4.78 is 28.4. The Kier molecular flexibility index (Phi) is 7.04. The summed E-state index contributed by atoms with van der Waals surface area (Å²) >= 11 is 6.36. The molecular formula is C23H24ClN3O3S. The molecule has 1 heterocycles. The Morgan fingerprint density at radius 3 is 2.68 bits per heavy atom. The van der Waals surface area contributed by atoms with Gasteiger partial charge in [-0.05, 0) is 37.6 Å². The van der Waals surface area contributed by atoms with E-state index in [1.165, 1.54) is 0 Å². The van der Waals surface area contributed by atoms with Crippen LogP contribution in [0.1, 0.15) is 54.0 Å². The van der Waals surface area contributed by atoms with Crippen LogP contribution in [0.4, 0.5) is 0 Å². The molecule has 1 unspecified atom stereocenters. The van der Waals surface area contributed by atoms with Crippen molar-refractivity contribution in [1.82, 2.24) is 14.3 Å². The zero-order valence-corrected chi connectivity index (χ0v) is 19.0. The minimum absolute atomic E-state index is 0.0858. The highest BCUT2D eigenvalue weighted by Gasteiger charge is 2.21. The van der Waals surface area contributed by atoms with Crippen molar-refractivity contribution in [1.29, 1.82) is 0 Å². The quantitative estimate of drug-likeness (QED) is 0.399. The SMILES string of the molecule is C#CC(c1ccccc1Cl)n1c(C)nc2ccc(C(=O)NS(=O)(=O)CCCCC)cc21. The van der Waals surface area contributed by atoms with E-state index in [9.17, 15) is 13.2 Å². The van der Waals surface area contributed by atoms with E-state index < -0.39 is 22.0 Å². The van der Waals surface area contributed by atoms with Crippen LogP contribution in [0.15, 0.2) is 42.5 Å². The van der Waals surface area contributed by atoms with Crippen molar-refractivity contribution in [3.63, 3.8) is 0 Å². The lowest BCUT2D eigenvalue weighted by atomic mass is 10.1. The summed E-state index contributed by atoms with van der Waals surface area (Å²) in [5.41, 5.74) is 2.22. The number of unbranched alkanes of at least 4 members (excludes halogenated alkanes) is 2. The third kappa shape index (κ3) is 5.09. The number of fused-ring (bicyclic) bond motifs is 1. The van der Waals surface area contributed by atoms with E-state index in [1.807, 2.05) is 36.6 Å². The summed E-state index contributed by atoms with van der Waals surface area (Å²) in [5, 5.41) is 0.527. The lowest BCUT2D eigenvalue weighted by Gasteiger charge is -2.17. The number of aryl methyl sites for hydroxylation is 1. The van der Waals surface area contributed by atoms with Gasteiger partial charge in [0.1, 0.15) is 11.9 Å². The maximum Gasteiger partial charge on any atom is 0.264 e. The van der Waals surface area contributed by atoms with Crippen LogP contribution in [0.3, 0.4) is 0 Å². The Morgan fingerprint density at radius 2 is 2.00 bits per heavy atom. The molecule has 0 aliphatic heterocycles. The van der Waals surface area contributed by atoms with Gasteiger partial charge >= 0.3 is 0 Å². The van der Waals surface area contributed by atoms with Crippen molar-refractivity contribution >= 4 is 38.6 Å². The average molecular weight is 458 g/mol. The molecule has 2 aromatic carbocycles. The Labute approximate surface area is 187 Å². The van der Waals surface area contributed by atoms with Gasteiger partial charge in [0.05, 0.1) is 16.8 Å². The summed E-state index contributed by atoms with van der Waals surface area (Å²) in [5.74, 6) is 2.64. The van der Waals surface area contributed by atoms with Crippen LogP contribution in [0.2, 0.25) is 5.02 Å². The van der Waals surface area contributed by atoms with Crippen molar-refractivity contribution in [3.8, 4) is 12.3 Å². The highest BCUT2D eigenvalue weighted by atomic mass is 35.5. The second-order valence-corrected chi connectivity index (χ2v) is 9.53. The normalized spacial score (nSPS) is 12.5. The smallest absolute Gasteiger partial charge is 0.264 e. The Bertz CT molecular complexity index is 1260. The fourth-order valence-electron chi connectivity index (χ4n) is 3.47. The average Bonchev–Trinajstić information content (AvgIpc) is 3.05. The third-order valence-corrected chi connectivity index (χ3v) is 6.68. The lowest BCUT2D eigenvalue weighted by Crippen LogP contribution is -2.32. The molecule has 1 N–H and O–H groups in total. The van der Waals surface area contributed by atoms with E-state index in [-0.39, 0.29) is 11.3 Å². The largest absolute Gasteiger partial charge is 0.309 e. The number of halogens is 1. The fraction of sp³-hybridized carbons (Fsp3) is 0.304. The highest BCUT2D eigenvalue weighted by molar-refractivity contribution is 7.90. The monoisotopic (exact) mass is 457 g/mol. The molecule has 0 bridgehead atoms. The molecule has 0 fully saturated rings. The second kappa shape index (κ2) is 9.54. The number of rotatable bonds is 8. The van der Waals surface area contributed by atoms with Crippen molar-refractivity contribution in [2.24, 2.45) is 0 Å². The van der Waals surface area contributed by atoms with Crippen molar-refractivity contribution in [3.05, 3.63) is 64.4 Å². The molecular weight excluding hydrogens is 434 g/mol. The maximum atomic E-state index is 12.6. The number of benzene rings is 2. The number of amides is 1. The first kappa shape index (κ1) is 22.9. The molecule has 3 rings (SSSR count). The van der Waals surface area contributed by atoms with E-state index in [1.54, 1.807) is 24.3 Å². The molecule has 8 heteroatoms. The molecule has 3 aromatic rings. The second-order valence-electron chi connectivity index (χ2n) is 7.28. The molecule has 31 heavy (non-hydrogen) atoms. The first-order valence-corrected chi connectivity index (χ1v) is 12.0.